The van der Waals surface area contributed by atoms with Crippen molar-refractivity contribution in [2.75, 3.05) is 11.1 Å². The average Bonchev–Trinajstić information content (AvgIpc) is 2.85. The molecule has 0 aliphatic rings. The summed E-state index contributed by atoms with van der Waals surface area (Å²) in [5.41, 5.74) is 8.39. The van der Waals surface area contributed by atoms with Crippen LogP contribution in [-0.2, 0) is 0 Å². The van der Waals surface area contributed by atoms with Gasteiger partial charge in [0.05, 0.1) is 5.52 Å². The van der Waals surface area contributed by atoms with Crippen molar-refractivity contribution in [3.63, 3.8) is 0 Å². The lowest BCUT2D eigenvalue weighted by atomic mass is 10.1. The maximum absolute atomic E-state index is 13.3. The molecule has 0 radical (unpaired) electrons. The number of aryl methyl sites for hydroxylation is 1. The number of rotatable bonds is 2. The molecule has 1 amide bonds. The number of nitrogen functional groups attached to an aromatic ring is 1. The Kier molecular flexibility index (Phi) is 3.06. The highest BCUT2D eigenvalue weighted by Gasteiger charge is 2.15. The zero-order chi connectivity index (χ0) is 15.0. The highest BCUT2D eigenvalue weighted by molar-refractivity contribution is 6.11. The van der Waals surface area contributed by atoms with Gasteiger partial charge in [0.15, 0.2) is 5.69 Å². The van der Waals surface area contributed by atoms with Crippen molar-refractivity contribution in [3.8, 4) is 0 Å². The molecule has 0 fully saturated rings. The number of nitrogens with two attached hydrogens (primary N) is 1. The predicted molar refractivity (Wildman–Crippen MR) is 79.6 cm³/mol. The number of benzene rings is 2. The minimum Gasteiger partial charge on any atom is -0.399 e. The standard InChI is InChI=1S/C15H13FN4O/c1-8-2-3-9(16)6-13(8)18-15(21)14-11-7-10(17)4-5-12(11)19-20-14/h2-7H,17H2,1H3,(H,18,21)(H,19,20). The van der Waals surface area contributed by atoms with Crippen molar-refractivity contribution < 1.29 is 9.18 Å². The first kappa shape index (κ1) is 13.1. The van der Waals surface area contributed by atoms with E-state index < -0.39 is 11.7 Å². The molecule has 0 unspecified atom stereocenters. The number of carbonyl (C=O) groups is 1. The van der Waals surface area contributed by atoms with Crippen LogP contribution >= 0.6 is 0 Å². The van der Waals surface area contributed by atoms with E-state index in [1.807, 2.05) is 0 Å². The van der Waals surface area contributed by atoms with Crippen molar-refractivity contribution in [2.45, 2.75) is 6.92 Å². The molecule has 3 aromatic rings. The fraction of sp³-hybridized carbons (Fsp3) is 0.0667. The van der Waals surface area contributed by atoms with Crippen molar-refractivity contribution in [1.82, 2.24) is 10.2 Å². The number of hydrogen-bond donors (Lipinski definition) is 3. The fourth-order valence-corrected chi connectivity index (χ4v) is 2.12. The van der Waals surface area contributed by atoms with Crippen molar-refractivity contribution in [2.24, 2.45) is 0 Å². The topological polar surface area (TPSA) is 83.8 Å². The maximum atomic E-state index is 13.3. The monoisotopic (exact) mass is 284 g/mol. The summed E-state index contributed by atoms with van der Waals surface area (Å²) in [6.45, 7) is 1.79. The van der Waals surface area contributed by atoms with E-state index in [9.17, 15) is 9.18 Å². The van der Waals surface area contributed by atoms with Crippen LogP contribution in [0.3, 0.4) is 0 Å². The second-order valence-corrected chi connectivity index (χ2v) is 4.79. The highest BCUT2D eigenvalue weighted by Crippen LogP contribution is 2.21. The third-order valence-corrected chi connectivity index (χ3v) is 3.25. The number of hydrogen-bond acceptors (Lipinski definition) is 3. The van der Waals surface area contributed by atoms with Gasteiger partial charge in [0.25, 0.3) is 5.91 Å². The van der Waals surface area contributed by atoms with E-state index in [-0.39, 0.29) is 5.69 Å². The van der Waals surface area contributed by atoms with Crippen LogP contribution in [0.4, 0.5) is 15.8 Å². The Hall–Kier alpha value is -2.89. The number of amides is 1. The van der Waals surface area contributed by atoms with E-state index in [1.165, 1.54) is 12.1 Å². The first-order valence-corrected chi connectivity index (χ1v) is 6.36. The zero-order valence-electron chi connectivity index (χ0n) is 11.3. The first-order valence-electron chi connectivity index (χ1n) is 6.36. The Labute approximate surface area is 120 Å². The summed E-state index contributed by atoms with van der Waals surface area (Å²) in [5, 5.41) is 10.1. The van der Waals surface area contributed by atoms with Gasteiger partial charge in [-0.05, 0) is 42.8 Å². The normalized spacial score (nSPS) is 10.8. The lowest BCUT2D eigenvalue weighted by Crippen LogP contribution is -2.13. The van der Waals surface area contributed by atoms with Gasteiger partial charge in [-0.2, -0.15) is 5.10 Å². The van der Waals surface area contributed by atoms with Gasteiger partial charge in [0.2, 0.25) is 0 Å². The van der Waals surface area contributed by atoms with Crippen LogP contribution < -0.4 is 11.1 Å². The molecule has 0 aliphatic heterocycles. The number of aromatic amines is 1. The molecule has 21 heavy (non-hydrogen) atoms. The number of nitrogens with one attached hydrogen (secondary N) is 2. The largest absolute Gasteiger partial charge is 0.399 e. The second kappa shape index (κ2) is 4.90. The Morgan fingerprint density at radius 2 is 2.10 bits per heavy atom. The van der Waals surface area contributed by atoms with E-state index in [4.69, 9.17) is 5.73 Å². The number of carbonyl (C=O) groups excluding carboxylic acids is 1. The van der Waals surface area contributed by atoms with Crippen molar-refractivity contribution in [3.05, 3.63) is 53.5 Å². The Balaban J connectivity index is 1.97. The van der Waals surface area contributed by atoms with Gasteiger partial charge in [-0.15, -0.1) is 0 Å². The third-order valence-electron chi connectivity index (χ3n) is 3.25. The van der Waals surface area contributed by atoms with E-state index in [0.717, 1.165) is 5.56 Å². The van der Waals surface area contributed by atoms with Gasteiger partial charge >= 0.3 is 0 Å². The molecule has 106 valence electrons. The molecular formula is C15H13FN4O. The molecule has 0 atom stereocenters. The summed E-state index contributed by atoms with van der Waals surface area (Å²) in [6.07, 6.45) is 0. The molecule has 2 aromatic carbocycles. The molecular weight excluding hydrogens is 271 g/mol. The Bertz CT molecular complexity index is 841. The molecule has 0 saturated heterocycles. The van der Waals surface area contributed by atoms with Crippen molar-refractivity contribution >= 4 is 28.2 Å². The number of aromatic nitrogens is 2. The number of nitrogens with zero attached hydrogens (tertiary/aromatic N) is 1. The number of H-pyrrole nitrogens is 1. The van der Waals surface area contributed by atoms with Crippen LogP contribution in [0.2, 0.25) is 0 Å². The summed E-state index contributed by atoms with van der Waals surface area (Å²) in [4.78, 5) is 12.3. The molecule has 1 aromatic heterocycles. The first-order chi connectivity index (χ1) is 10.0. The van der Waals surface area contributed by atoms with Gasteiger partial charge in [0.1, 0.15) is 5.82 Å². The van der Waals surface area contributed by atoms with Crippen LogP contribution in [0, 0.1) is 12.7 Å². The average molecular weight is 284 g/mol. The fourth-order valence-electron chi connectivity index (χ4n) is 2.12. The van der Waals surface area contributed by atoms with E-state index in [1.54, 1.807) is 31.2 Å². The molecule has 5 nitrogen and oxygen atoms in total. The lowest BCUT2D eigenvalue weighted by Gasteiger charge is -2.07. The molecule has 0 saturated carbocycles. The molecule has 1 heterocycles. The van der Waals surface area contributed by atoms with Crippen LogP contribution in [0.5, 0.6) is 0 Å². The number of anilines is 2. The summed E-state index contributed by atoms with van der Waals surface area (Å²) in [6, 6.07) is 9.37. The molecule has 0 bridgehead atoms. The van der Waals surface area contributed by atoms with E-state index in [2.05, 4.69) is 15.5 Å². The summed E-state index contributed by atoms with van der Waals surface area (Å²) in [7, 11) is 0. The SMILES string of the molecule is Cc1ccc(F)cc1NC(=O)c1n[nH]c2ccc(N)cc12. The number of halogens is 1. The highest BCUT2D eigenvalue weighted by atomic mass is 19.1. The molecule has 3 rings (SSSR count). The molecule has 6 heteroatoms. The van der Waals surface area contributed by atoms with Gasteiger partial charge < -0.3 is 11.1 Å². The summed E-state index contributed by atoms with van der Waals surface area (Å²) in [5.74, 6) is -0.826. The van der Waals surface area contributed by atoms with Gasteiger partial charge in [-0.1, -0.05) is 6.07 Å². The number of fused-ring (bicyclic) bond motifs is 1. The summed E-state index contributed by atoms with van der Waals surface area (Å²) < 4.78 is 13.3. The molecule has 0 aliphatic carbocycles. The van der Waals surface area contributed by atoms with E-state index >= 15 is 0 Å². The van der Waals surface area contributed by atoms with Crippen LogP contribution in [0.15, 0.2) is 36.4 Å². The minimum absolute atomic E-state index is 0.223. The van der Waals surface area contributed by atoms with E-state index in [0.29, 0.717) is 22.3 Å². The minimum atomic E-state index is -0.416. The van der Waals surface area contributed by atoms with Crippen LogP contribution in [0.1, 0.15) is 16.1 Å². The predicted octanol–water partition coefficient (Wildman–Crippen LogP) is 2.84. The Morgan fingerprint density at radius 3 is 2.90 bits per heavy atom. The zero-order valence-corrected chi connectivity index (χ0v) is 11.3. The second-order valence-electron chi connectivity index (χ2n) is 4.79. The van der Waals surface area contributed by atoms with Gasteiger partial charge in [-0.25, -0.2) is 4.39 Å². The summed E-state index contributed by atoms with van der Waals surface area (Å²) >= 11 is 0. The quantitative estimate of drug-likeness (QED) is 0.633. The molecule has 0 spiro atoms. The lowest BCUT2D eigenvalue weighted by molar-refractivity contribution is 0.102. The third kappa shape index (κ3) is 2.43. The molecule has 4 N–H and O–H groups in total. The van der Waals surface area contributed by atoms with Gasteiger partial charge in [0, 0.05) is 16.8 Å². The maximum Gasteiger partial charge on any atom is 0.276 e. The Morgan fingerprint density at radius 1 is 1.29 bits per heavy atom. The van der Waals surface area contributed by atoms with Crippen LogP contribution in [0.25, 0.3) is 10.9 Å². The van der Waals surface area contributed by atoms with Crippen molar-refractivity contribution in [1.29, 1.82) is 0 Å². The van der Waals surface area contributed by atoms with Crippen LogP contribution in [-0.4, -0.2) is 16.1 Å². The smallest absolute Gasteiger partial charge is 0.276 e. The van der Waals surface area contributed by atoms with Gasteiger partial charge in [-0.3, -0.25) is 9.89 Å².